The van der Waals surface area contributed by atoms with Crippen LogP contribution in [0.5, 0.6) is 5.88 Å². The Morgan fingerprint density at radius 2 is 1.94 bits per heavy atom. The van der Waals surface area contributed by atoms with Crippen molar-refractivity contribution < 1.29 is 28.7 Å². The van der Waals surface area contributed by atoms with Gasteiger partial charge in [-0.05, 0) is 25.5 Å². The van der Waals surface area contributed by atoms with Crippen molar-refractivity contribution in [3.05, 3.63) is 83.0 Å². The number of aryl methyl sites for hydroxylation is 1. The van der Waals surface area contributed by atoms with E-state index in [1.807, 2.05) is 30.3 Å². The Bertz CT molecular complexity index is 1350. The van der Waals surface area contributed by atoms with E-state index < -0.39 is 18.4 Å². The fourth-order valence-electron chi connectivity index (χ4n) is 3.44. The van der Waals surface area contributed by atoms with Crippen LogP contribution in [0.2, 0.25) is 5.02 Å². The Kier molecular flexibility index (Phi) is 7.02. The number of carboxylic acid groups (broad SMARTS) is 1. The number of carbonyl (C=O) groups excluding carboxylic acids is 1. The van der Waals surface area contributed by atoms with Crippen molar-refractivity contribution in [2.24, 2.45) is 0 Å². The van der Waals surface area contributed by atoms with Gasteiger partial charge >= 0.3 is 12.2 Å². The SMILES string of the molecule is Cc1onc(-c2ccc(Cn3cncc3OC(=O)O)cc2)c1NC(=O)OC(C)c1ccccc1Cl. The van der Waals surface area contributed by atoms with Gasteiger partial charge in [0, 0.05) is 16.1 Å². The third-order valence-electron chi connectivity index (χ3n) is 5.16. The van der Waals surface area contributed by atoms with Crippen molar-refractivity contribution in [3.63, 3.8) is 0 Å². The Morgan fingerprint density at radius 1 is 1.20 bits per heavy atom. The standard InChI is InChI=1S/C24H21ClN4O6/c1-14(18-5-3-4-6-19(18)25)33-23(30)27-21-15(2)35-28-22(21)17-9-7-16(8-10-17)12-29-13-26-11-20(29)34-24(31)32/h3-11,13-14H,12H2,1-2H3,(H,27,30)(H,31,32). The van der Waals surface area contributed by atoms with Gasteiger partial charge in [0.2, 0.25) is 5.88 Å². The molecule has 35 heavy (non-hydrogen) atoms. The lowest BCUT2D eigenvalue weighted by atomic mass is 10.1. The van der Waals surface area contributed by atoms with Crippen LogP contribution in [0.4, 0.5) is 15.3 Å². The average Bonchev–Trinajstić information content (AvgIpc) is 3.40. The first kappa shape index (κ1) is 23.8. The van der Waals surface area contributed by atoms with Crippen molar-refractivity contribution in [1.82, 2.24) is 14.7 Å². The van der Waals surface area contributed by atoms with E-state index in [9.17, 15) is 9.59 Å². The molecule has 4 rings (SSSR count). The van der Waals surface area contributed by atoms with Gasteiger partial charge in [-0.1, -0.05) is 59.2 Å². The fraction of sp³-hybridized carbons (Fsp3) is 0.167. The lowest BCUT2D eigenvalue weighted by molar-refractivity contribution is 0.121. The molecular weight excluding hydrogens is 476 g/mol. The molecule has 4 aromatic rings. The lowest BCUT2D eigenvalue weighted by Gasteiger charge is -2.15. The van der Waals surface area contributed by atoms with Gasteiger partial charge in [0.15, 0.2) is 5.76 Å². The number of hydrogen-bond donors (Lipinski definition) is 2. The molecule has 0 aliphatic carbocycles. The lowest BCUT2D eigenvalue weighted by Crippen LogP contribution is -2.17. The summed E-state index contributed by atoms with van der Waals surface area (Å²) >= 11 is 6.19. The van der Waals surface area contributed by atoms with Gasteiger partial charge in [-0.2, -0.15) is 0 Å². The molecule has 2 aromatic heterocycles. The van der Waals surface area contributed by atoms with Crippen LogP contribution >= 0.6 is 11.6 Å². The highest BCUT2D eigenvalue weighted by atomic mass is 35.5. The molecule has 0 aliphatic heterocycles. The number of nitrogens with one attached hydrogen (secondary N) is 1. The predicted molar refractivity (Wildman–Crippen MR) is 127 cm³/mol. The van der Waals surface area contributed by atoms with Gasteiger partial charge in [0.1, 0.15) is 17.5 Å². The summed E-state index contributed by atoms with van der Waals surface area (Å²) in [5.41, 5.74) is 3.09. The van der Waals surface area contributed by atoms with E-state index in [4.69, 9.17) is 30.7 Å². The minimum Gasteiger partial charge on any atom is -0.449 e. The Balaban J connectivity index is 1.46. The Labute approximate surface area is 205 Å². The van der Waals surface area contributed by atoms with E-state index in [0.717, 1.165) is 5.56 Å². The van der Waals surface area contributed by atoms with Gasteiger partial charge in [-0.15, -0.1) is 0 Å². The third kappa shape index (κ3) is 5.61. The zero-order valence-electron chi connectivity index (χ0n) is 18.8. The monoisotopic (exact) mass is 496 g/mol. The number of ether oxygens (including phenoxy) is 2. The van der Waals surface area contributed by atoms with Crippen molar-refractivity contribution in [3.8, 4) is 17.1 Å². The van der Waals surface area contributed by atoms with Crippen molar-refractivity contribution >= 4 is 29.5 Å². The maximum absolute atomic E-state index is 12.6. The number of nitrogens with zero attached hydrogens (tertiary/aromatic N) is 3. The highest BCUT2D eigenvalue weighted by Crippen LogP contribution is 2.31. The minimum absolute atomic E-state index is 0.115. The maximum Gasteiger partial charge on any atom is 0.512 e. The van der Waals surface area contributed by atoms with E-state index in [1.165, 1.54) is 12.5 Å². The van der Waals surface area contributed by atoms with E-state index >= 15 is 0 Å². The largest absolute Gasteiger partial charge is 0.512 e. The molecule has 0 saturated carbocycles. The average molecular weight is 497 g/mol. The number of imidazole rings is 1. The van der Waals surface area contributed by atoms with Crippen LogP contribution in [0.1, 0.15) is 29.9 Å². The Morgan fingerprint density at radius 3 is 2.66 bits per heavy atom. The van der Waals surface area contributed by atoms with Crippen molar-refractivity contribution in [1.29, 1.82) is 0 Å². The van der Waals surface area contributed by atoms with Gasteiger partial charge < -0.3 is 19.1 Å². The van der Waals surface area contributed by atoms with E-state index in [-0.39, 0.29) is 5.88 Å². The summed E-state index contributed by atoms with van der Waals surface area (Å²) < 4.78 is 17.1. The molecular formula is C24H21ClN4O6. The van der Waals surface area contributed by atoms with Crippen LogP contribution in [0.3, 0.4) is 0 Å². The fourth-order valence-corrected chi connectivity index (χ4v) is 3.73. The molecule has 0 aliphatic rings. The van der Waals surface area contributed by atoms with E-state index in [2.05, 4.69) is 15.5 Å². The second-order valence-electron chi connectivity index (χ2n) is 7.58. The number of carbonyl (C=O) groups is 2. The minimum atomic E-state index is -1.41. The molecule has 2 N–H and O–H groups in total. The molecule has 0 radical (unpaired) electrons. The summed E-state index contributed by atoms with van der Waals surface area (Å²) in [5, 5.41) is 16.1. The van der Waals surface area contributed by atoms with Gasteiger partial charge in [-0.25, -0.2) is 14.6 Å². The highest BCUT2D eigenvalue weighted by Gasteiger charge is 2.20. The van der Waals surface area contributed by atoms with Crippen LogP contribution in [-0.2, 0) is 11.3 Å². The zero-order chi connectivity index (χ0) is 24.9. The number of amides is 1. The molecule has 0 fully saturated rings. The predicted octanol–water partition coefficient (Wildman–Crippen LogP) is 5.91. The molecule has 2 heterocycles. The number of anilines is 1. The smallest absolute Gasteiger partial charge is 0.449 e. The van der Waals surface area contributed by atoms with Gasteiger partial charge in [-0.3, -0.25) is 9.88 Å². The van der Waals surface area contributed by atoms with E-state index in [1.54, 1.807) is 36.6 Å². The van der Waals surface area contributed by atoms with Crippen molar-refractivity contribution in [2.45, 2.75) is 26.5 Å². The summed E-state index contributed by atoms with van der Waals surface area (Å²) in [7, 11) is 0. The summed E-state index contributed by atoms with van der Waals surface area (Å²) in [6.45, 7) is 3.76. The number of aromatic nitrogens is 3. The number of hydrogen-bond acceptors (Lipinski definition) is 7. The first-order valence-electron chi connectivity index (χ1n) is 10.5. The first-order chi connectivity index (χ1) is 16.8. The summed E-state index contributed by atoms with van der Waals surface area (Å²) in [5.74, 6) is 0.532. The van der Waals surface area contributed by atoms with Crippen LogP contribution in [0.25, 0.3) is 11.3 Å². The Hall–Kier alpha value is -4.31. The molecule has 180 valence electrons. The second kappa shape index (κ2) is 10.3. The summed E-state index contributed by atoms with van der Waals surface area (Å²) in [6.07, 6.45) is 0.148. The van der Waals surface area contributed by atoms with Crippen LogP contribution < -0.4 is 10.1 Å². The molecule has 1 unspecified atom stereocenters. The maximum atomic E-state index is 12.6. The molecule has 0 bridgehead atoms. The number of halogens is 1. The van der Waals surface area contributed by atoms with Crippen molar-refractivity contribution in [2.75, 3.05) is 5.32 Å². The molecule has 0 saturated heterocycles. The van der Waals surface area contributed by atoms with Crippen LogP contribution in [0.15, 0.2) is 65.6 Å². The molecule has 1 atom stereocenters. The zero-order valence-corrected chi connectivity index (χ0v) is 19.5. The molecule has 10 nitrogen and oxygen atoms in total. The molecule has 2 aromatic carbocycles. The topological polar surface area (TPSA) is 129 Å². The summed E-state index contributed by atoms with van der Waals surface area (Å²) in [6, 6.07) is 14.4. The quantitative estimate of drug-likeness (QED) is 0.302. The van der Waals surface area contributed by atoms with Gasteiger partial charge in [0.05, 0.1) is 19.1 Å². The molecule has 11 heteroatoms. The second-order valence-corrected chi connectivity index (χ2v) is 7.99. The number of rotatable bonds is 7. The van der Waals surface area contributed by atoms with Gasteiger partial charge in [0.25, 0.3) is 0 Å². The summed E-state index contributed by atoms with van der Waals surface area (Å²) in [4.78, 5) is 27.3. The normalized spacial score (nSPS) is 11.6. The number of benzene rings is 2. The van der Waals surface area contributed by atoms with E-state index in [0.29, 0.717) is 39.8 Å². The van der Waals surface area contributed by atoms with Crippen LogP contribution in [-0.4, -0.2) is 32.1 Å². The molecule has 0 spiro atoms. The highest BCUT2D eigenvalue weighted by molar-refractivity contribution is 6.31. The van der Waals surface area contributed by atoms with Crippen LogP contribution in [0, 0.1) is 6.92 Å². The first-order valence-corrected chi connectivity index (χ1v) is 10.9. The third-order valence-corrected chi connectivity index (χ3v) is 5.51. The molecule has 1 amide bonds.